The second-order valence-corrected chi connectivity index (χ2v) is 4.00. The van der Waals surface area contributed by atoms with E-state index < -0.39 is 0 Å². The Labute approximate surface area is 77.5 Å². The van der Waals surface area contributed by atoms with Crippen LogP contribution in [0.2, 0.25) is 5.02 Å². The van der Waals surface area contributed by atoms with E-state index in [-0.39, 0.29) is 0 Å². The Morgan fingerprint density at radius 2 is 2.25 bits per heavy atom. The monoisotopic (exact) mass is 183 g/mol. The summed E-state index contributed by atoms with van der Waals surface area (Å²) in [7, 11) is 0. The van der Waals surface area contributed by atoms with Crippen LogP contribution in [0.5, 0.6) is 0 Å². The van der Waals surface area contributed by atoms with Gasteiger partial charge in [-0.3, -0.25) is 4.68 Å². The highest BCUT2D eigenvalue weighted by Gasteiger charge is 2.30. The Balaban J connectivity index is 2.39. The molecule has 1 fully saturated rings. The molecule has 0 spiro atoms. The van der Waals surface area contributed by atoms with Gasteiger partial charge in [-0.25, -0.2) is 0 Å². The highest BCUT2D eigenvalue weighted by molar-refractivity contribution is 6.31. The van der Waals surface area contributed by atoms with Gasteiger partial charge in [0.25, 0.3) is 0 Å². The van der Waals surface area contributed by atoms with E-state index in [0.717, 1.165) is 0 Å². The summed E-state index contributed by atoms with van der Waals surface area (Å²) in [5, 5.41) is 4.85. The SMILES string of the molecule is CC(C)n1n[c]c(Cl)c1C1CC1. The maximum atomic E-state index is 5.99. The van der Waals surface area contributed by atoms with Crippen molar-refractivity contribution in [1.82, 2.24) is 9.78 Å². The van der Waals surface area contributed by atoms with Gasteiger partial charge in [0.15, 0.2) is 0 Å². The number of aromatic nitrogens is 2. The minimum atomic E-state index is 0.393. The smallest absolute Gasteiger partial charge is 0.133 e. The van der Waals surface area contributed by atoms with Crippen molar-refractivity contribution in [3.05, 3.63) is 16.9 Å². The predicted octanol–water partition coefficient (Wildman–Crippen LogP) is 2.79. The fourth-order valence-electron chi connectivity index (χ4n) is 1.43. The van der Waals surface area contributed by atoms with Crippen LogP contribution in [0.1, 0.15) is 44.3 Å². The summed E-state index contributed by atoms with van der Waals surface area (Å²) in [5.41, 5.74) is 1.19. The Kier molecular flexibility index (Phi) is 1.87. The van der Waals surface area contributed by atoms with Crippen LogP contribution in [0.25, 0.3) is 0 Å². The number of hydrogen-bond donors (Lipinski definition) is 0. The summed E-state index contributed by atoms with van der Waals surface area (Å²) in [6.07, 6.45) is 5.33. The second-order valence-electron chi connectivity index (χ2n) is 3.62. The molecule has 0 unspecified atom stereocenters. The first kappa shape index (κ1) is 8.11. The summed E-state index contributed by atoms with van der Waals surface area (Å²) < 4.78 is 1.99. The summed E-state index contributed by atoms with van der Waals surface area (Å²) in [5.74, 6) is 0.652. The molecular formula is C9H12ClN2. The number of nitrogens with zero attached hydrogens (tertiary/aromatic N) is 2. The van der Waals surface area contributed by atoms with Crippen molar-refractivity contribution in [3.8, 4) is 0 Å². The summed E-state index contributed by atoms with van der Waals surface area (Å²) >= 11 is 5.99. The Hall–Kier alpha value is -0.500. The molecule has 2 nitrogen and oxygen atoms in total. The Morgan fingerprint density at radius 1 is 1.58 bits per heavy atom. The molecule has 0 aromatic carbocycles. The zero-order valence-electron chi connectivity index (χ0n) is 7.34. The minimum Gasteiger partial charge on any atom is -0.265 e. The Bertz CT molecular complexity index is 287. The first-order valence-corrected chi connectivity index (χ1v) is 4.73. The van der Waals surface area contributed by atoms with Crippen LogP contribution < -0.4 is 0 Å². The van der Waals surface area contributed by atoms with E-state index in [0.29, 0.717) is 17.0 Å². The molecule has 0 saturated heterocycles. The van der Waals surface area contributed by atoms with Gasteiger partial charge in [-0.05, 0) is 26.7 Å². The van der Waals surface area contributed by atoms with Gasteiger partial charge < -0.3 is 0 Å². The topological polar surface area (TPSA) is 17.8 Å². The fraction of sp³-hybridized carbons (Fsp3) is 0.667. The van der Waals surface area contributed by atoms with Gasteiger partial charge in [-0.1, -0.05) is 11.6 Å². The first-order chi connectivity index (χ1) is 5.70. The van der Waals surface area contributed by atoms with Crippen molar-refractivity contribution >= 4 is 11.6 Å². The molecule has 3 heteroatoms. The normalized spacial score (nSPS) is 17.3. The molecule has 0 N–H and O–H groups in total. The van der Waals surface area contributed by atoms with E-state index in [1.54, 1.807) is 0 Å². The van der Waals surface area contributed by atoms with Gasteiger partial charge in [0.2, 0.25) is 0 Å². The van der Waals surface area contributed by atoms with Crippen LogP contribution in [0.4, 0.5) is 0 Å². The molecule has 1 aliphatic carbocycles. The maximum Gasteiger partial charge on any atom is 0.133 e. The third kappa shape index (κ3) is 1.24. The van der Waals surface area contributed by atoms with E-state index in [9.17, 15) is 0 Å². The summed E-state index contributed by atoms with van der Waals surface area (Å²) in [6, 6.07) is 0.393. The van der Waals surface area contributed by atoms with Gasteiger partial charge in [0.1, 0.15) is 6.20 Å². The van der Waals surface area contributed by atoms with Crippen molar-refractivity contribution in [2.75, 3.05) is 0 Å². The van der Waals surface area contributed by atoms with Crippen LogP contribution in [-0.2, 0) is 0 Å². The third-order valence-corrected chi connectivity index (χ3v) is 2.46. The average molecular weight is 184 g/mol. The van der Waals surface area contributed by atoms with Gasteiger partial charge in [-0.15, -0.1) is 0 Å². The van der Waals surface area contributed by atoms with E-state index >= 15 is 0 Å². The van der Waals surface area contributed by atoms with Gasteiger partial charge in [0, 0.05) is 12.0 Å². The maximum absolute atomic E-state index is 5.99. The average Bonchev–Trinajstić information content (AvgIpc) is 2.75. The van der Waals surface area contributed by atoms with E-state index in [4.69, 9.17) is 11.6 Å². The van der Waals surface area contributed by atoms with Crippen LogP contribution in [0.15, 0.2) is 0 Å². The largest absolute Gasteiger partial charge is 0.265 e. The highest BCUT2D eigenvalue weighted by atomic mass is 35.5. The lowest BCUT2D eigenvalue weighted by Gasteiger charge is -2.09. The van der Waals surface area contributed by atoms with Gasteiger partial charge in [0.05, 0.1) is 10.7 Å². The number of rotatable bonds is 2. The lowest BCUT2D eigenvalue weighted by molar-refractivity contribution is 0.509. The molecular weight excluding hydrogens is 172 g/mol. The predicted molar refractivity (Wildman–Crippen MR) is 48.4 cm³/mol. The zero-order chi connectivity index (χ0) is 8.72. The molecule has 1 heterocycles. The molecule has 1 saturated carbocycles. The Morgan fingerprint density at radius 3 is 2.75 bits per heavy atom. The fourth-order valence-corrected chi connectivity index (χ4v) is 1.70. The van der Waals surface area contributed by atoms with Crippen LogP contribution >= 0.6 is 11.6 Å². The quantitative estimate of drug-likeness (QED) is 0.690. The van der Waals surface area contributed by atoms with Crippen molar-refractivity contribution in [1.29, 1.82) is 0 Å². The molecule has 1 aromatic heterocycles. The molecule has 0 bridgehead atoms. The molecule has 12 heavy (non-hydrogen) atoms. The molecule has 65 valence electrons. The van der Waals surface area contributed by atoms with Gasteiger partial charge in [-0.2, -0.15) is 5.10 Å². The van der Waals surface area contributed by atoms with E-state index in [1.807, 2.05) is 4.68 Å². The number of halogens is 1. The first-order valence-electron chi connectivity index (χ1n) is 4.35. The lowest BCUT2D eigenvalue weighted by atomic mass is 10.2. The molecule has 0 aliphatic heterocycles. The lowest BCUT2D eigenvalue weighted by Crippen LogP contribution is -2.06. The summed E-state index contributed by atoms with van der Waals surface area (Å²) in [6.45, 7) is 4.23. The van der Waals surface area contributed by atoms with Crippen LogP contribution in [-0.4, -0.2) is 9.78 Å². The number of hydrogen-bond acceptors (Lipinski definition) is 1. The molecule has 1 aromatic rings. The third-order valence-electron chi connectivity index (χ3n) is 2.18. The van der Waals surface area contributed by atoms with Crippen molar-refractivity contribution in [3.63, 3.8) is 0 Å². The second kappa shape index (κ2) is 2.77. The highest BCUT2D eigenvalue weighted by Crippen LogP contribution is 2.43. The minimum absolute atomic E-state index is 0.393. The molecule has 1 radical (unpaired) electrons. The molecule has 2 rings (SSSR count). The van der Waals surface area contributed by atoms with Gasteiger partial charge >= 0.3 is 0 Å². The van der Waals surface area contributed by atoms with Crippen LogP contribution in [0.3, 0.4) is 0 Å². The standard InChI is InChI=1S/C9H12ClN2/c1-6(2)12-9(7-3-4-7)8(10)5-11-12/h6-7H,3-4H2,1-2H3. The van der Waals surface area contributed by atoms with Crippen molar-refractivity contribution < 1.29 is 0 Å². The van der Waals surface area contributed by atoms with E-state index in [2.05, 4.69) is 25.1 Å². The molecule has 0 amide bonds. The van der Waals surface area contributed by atoms with Crippen molar-refractivity contribution in [2.45, 2.75) is 38.6 Å². The zero-order valence-corrected chi connectivity index (χ0v) is 8.10. The van der Waals surface area contributed by atoms with Crippen molar-refractivity contribution in [2.24, 2.45) is 0 Å². The molecule has 1 aliphatic rings. The molecule has 0 atom stereocenters. The van der Waals surface area contributed by atoms with E-state index in [1.165, 1.54) is 18.5 Å². The summed E-state index contributed by atoms with van der Waals surface area (Å²) in [4.78, 5) is 0. The van der Waals surface area contributed by atoms with Crippen LogP contribution in [0, 0.1) is 6.20 Å².